The fourth-order valence-electron chi connectivity index (χ4n) is 1.63. The van der Waals surface area contributed by atoms with Crippen LogP contribution >= 0.6 is 0 Å². The molecule has 17 heavy (non-hydrogen) atoms. The maximum absolute atomic E-state index is 9.04. The monoisotopic (exact) mass is 236 g/mol. The highest BCUT2D eigenvalue weighted by Crippen LogP contribution is 2.38. The minimum absolute atomic E-state index is 0.00595. The Labute approximate surface area is 102 Å². The Morgan fingerprint density at radius 1 is 1.41 bits per heavy atom. The van der Waals surface area contributed by atoms with Crippen molar-refractivity contribution in [3.63, 3.8) is 0 Å². The summed E-state index contributed by atoms with van der Waals surface area (Å²) in [5.74, 6) is 3.09. The van der Waals surface area contributed by atoms with Crippen LogP contribution in [0.15, 0.2) is 6.07 Å². The molecule has 0 radical (unpaired) electrons. The van der Waals surface area contributed by atoms with Gasteiger partial charge in [0, 0.05) is 24.6 Å². The number of anilines is 2. The minimum atomic E-state index is 0.00595. The fourth-order valence-corrected chi connectivity index (χ4v) is 1.63. The normalized spacial score (nSPS) is 16.6. The summed E-state index contributed by atoms with van der Waals surface area (Å²) in [6.07, 6.45) is 2.37. The maximum Gasteiger partial charge on any atom is 0.136 e. The van der Waals surface area contributed by atoms with E-state index in [1.165, 1.54) is 12.8 Å². The zero-order valence-electron chi connectivity index (χ0n) is 10.4. The second kappa shape index (κ2) is 5.31. The van der Waals surface area contributed by atoms with E-state index in [1.807, 2.05) is 19.9 Å². The van der Waals surface area contributed by atoms with E-state index in [9.17, 15) is 0 Å². The lowest BCUT2D eigenvalue weighted by atomic mass is 10.3. The summed E-state index contributed by atoms with van der Waals surface area (Å²) in [4.78, 5) is 8.99. The van der Waals surface area contributed by atoms with Crippen LogP contribution in [0.2, 0.25) is 0 Å². The van der Waals surface area contributed by atoms with E-state index in [-0.39, 0.29) is 12.6 Å². The SMILES string of the molecule is CCNc1cc(NC(C)CO)nc(C2CC2)n1. The van der Waals surface area contributed by atoms with Crippen molar-refractivity contribution < 1.29 is 5.11 Å². The second-order valence-electron chi connectivity index (χ2n) is 4.53. The van der Waals surface area contributed by atoms with E-state index in [4.69, 9.17) is 5.11 Å². The molecule has 1 aromatic heterocycles. The zero-order chi connectivity index (χ0) is 12.3. The van der Waals surface area contributed by atoms with Gasteiger partial charge in [-0.15, -0.1) is 0 Å². The molecule has 0 bridgehead atoms. The third kappa shape index (κ3) is 3.30. The summed E-state index contributed by atoms with van der Waals surface area (Å²) in [6.45, 7) is 4.91. The lowest BCUT2D eigenvalue weighted by molar-refractivity contribution is 0.281. The zero-order valence-corrected chi connectivity index (χ0v) is 10.4. The summed E-state index contributed by atoms with van der Waals surface area (Å²) in [5, 5.41) is 15.4. The van der Waals surface area contributed by atoms with E-state index >= 15 is 0 Å². The summed E-state index contributed by atoms with van der Waals surface area (Å²) in [7, 11) is 0. The first-order chi connectivity index (χ1) is 8.22. The largest absolute Gasteiger partial charge is 0.394 e. The molecule has 2 rings (SSSR count). The Hall–Kier alpha value is -1.36. The number of aliphatic hydroxyl groups is 1. The van der Waals surface area contributed by atoms with Crippen molar-refractivity contribution in [3.05, 3.63) is 11.9 Å². The van der Waals surface area contributed by atoms with Gasteiger partial charge in [-0.3, -0.25) is 0 Å². The molecule has 1 atom stereocenters. The first-order valence-corrected chi connectivity index (χ1v) is 6.23. The quantitative estimate of drug-likeness (QED) is 0.699. The molecule has 0 amide bonds. The fraction of sp³-hybridized carbons (Fsp3) is 0.667. The van der Waals surface area contributed by atoms with Crippen molar-refractivity contribution in [2.45, 2.75) is 38.6 Å². The van der Waals surface area contributed by atoms with Crippen LogP contribution in [0, 0.1) is 0 Å². The maximum atomic E-state index is 9.04. The molecule has 1 aliphatic carbocycles. The highest BCUT2D eigenvalue weighted by molar-refractivity contribution is 5.48. The van der Waals surface area contributed by atoms with Crippen LogP contribution in [0.1, 0.15) is 38.4 Å². The third-order valence-electron chi connectivity index (χ3n) is 2.71. The first kappa shape index (κ1) is 12.1. The van der Waals surface area contributed by atoms with Crippen LogP contribution in [0.3, 0.4) is 0 Å². The number of aromatic nitrogens is 2. The Morgan fingerprint density at radius 3 is 2.71 bits per heavy atom. The van der Waals surface area contributed by atoms with Crippen LogP contribution in [-0.2, 0) is 0 Å². The smallest absolute Gasteiger partial charge is 0.136 e. The van der Waals surface area contributed by atoms with Gasteiger partial charge in [0.1, 0.15) is 17.5 Å². The lowest BCUT2D eigenvalue weighted by Crippen LogP contribution is -2.20. The van der Waals surface area contributed by atoms with Crippen molar-refractivity contribution >= 4 is 11.6 Å². The van der Waals surface area contributed by atoms with E-state index in [1.54, 1.807) is 0 Å². The standard InChI is InChI=1S/C12H20N4O/c1-3-13-10-6-11(14-8(2)7-17)16-12(15-10)9-4-5-9/h6,8-9,17H,3-5,7H2,1-2H3,(H2,13,14,15,16). The number of hydrogen-bond acceptors (Lipinski definition) is 5. The third-order valence-corrected chi connectivity index (χ3v) is 2.71. The number of nitrogens with one attached hydrogen (secondary N) is 2. The molecule has 1 heterocycles. The molecular weight excluding hydrogens is 216 g/mol. The van der Waals surface area contributed by atoms with Crippen molar-refractivity contribution in [1.29, 1.82) is 0 Å². The van der Waals surface area contributed by atoms with Gasteiger partial charge in [-0.2, -0.15) is 0 Å². The van der Waals surface area contributed by atoms with Crippen LogP contribution < -0.4 is 10.6 Å². The molecule has 0 spiro atoms. The molecule has 1 unspecified atom stereocenters. The van der Waals surface area contributed by atoms with E-state index in [0.29, 0.717) is 5.92 Å². The Balaban J connectivity index is 2.17. The summed E-state index contributed by atoms with van der Waals surface area (Å²) in [6, 6.07) is 1.90. The molecular formula is C12H20N4O. The average Bonchev–Trinajstić information content (AvgIpc) is 3.12. The first-order valence-electron chi connectivity index (χ1n) is 6.23. The van der Waals surface area contributed by atoms with Gasteiger partial charge < -0.3 is 15.7 Å². The summed E-state index contributed by atoms with van der Waals surface area (Å²) in [5.41, 5.74) is 0. The lowest BCUT2D eigenvalue weighted by Gasteiger charge is -2.14. The van der Waals surface area contributed by atoms with Crippen molar-refractivity contribution in [2.75, 3.05) is 23.8 Å². The highest BCUT2D eigenvalue weighted by Gasteiger charge is 2.27. The number of rotatable bonds is 6. The van der Waals surface area contributed by atoms with Gasteiger partial charge in [0.15, 0.2) is 0 Å². The molecule has 5 heteroatoms. The predicted molar refractivity (Wildman–Crippen MR) is 68.3 cm³/mol. The predicted octanol–water partition coefficient (Wildman–Crippen LogP) is 1.58. The number of nitrogens with zero attached hydrogens (tertiary/aromatic N) is 2. The molecule has 94 valence electrons. The van der Waals surface area contributed by atoms with Crippen molar-refractivity contribution in [3.8, 4) is 0 Å². The molecule has 0 aromatic carbocycles. The van der Waals surface area contributed by atoms with Crippen molar-refractivity contribution in [2.24, 2.45) is 0 Å². The molecule has 0 aliphatic heterocycles. The molecule has 1 saturated carbocycles. The van der Waals surface area contributed by atoms with Gasteiger partial charge in [0.2, 0.25) is 0 Å². The van der Waals surface area contributed by atoms with Gasteiger partial charge in [-0.25, -0.2) is 9.97 Å². The Kier molecular flexibility index (Phi) is 3.78. The molecule has 0 saturated heterocycles. The molecule has 1 aromatic rings. The van der Waals surface area contributed by atoms with Gasteiger partial charge >= 0.3 is 0 Å². The van der Waals surface area contributed by atoms with E-state index in [0.717, 1.165) is 24.0 Å². The van der Waals surface area contributed by atoms with E-state index < -0.39 is 0 Å². The highest BCUT2D eigenvalue weighted by atomic mass is 16.3. The second-order valence-corrected chi connectivity index (χ2v) is 4.53. The summed E-state index contributed by atoms with van der Waals surface area (Å²) < 4.78 is 0. The van der Waals surface area contributed by atoms with Gasteiger partial charge in [0.05, 0.1) is 6.61 Å². The number of aliphatic hydroxyl groups excluding tert-OH is 1. The molecule has 1 aliphatic rings. The number of hydrogen-bond donors (Lipinski definition) is 3. The molecule has 1 fully saturated rings. The topological polar surface area (TPSA) is 70.1 Å². The van der Waals surface area contributed by atoms with Crippen LogP contribution in [0.5, 0.6) is 0 Å². The van der Waals surface area contributed by atoms with Gasteiger partial charge in [0.25, 0.3) is 0 Å². The average molecular weight is 236 g/mol. The van der Waals surface area contributed by atoms with Crippen LogP contribution in [0.4, 0.5) is 11.6 Å². The summed E-state index contributed by atoms with van der Waals surface area (Å²) >= 11 is 0. The van der Waals surface area contributed by atoms with Crippen molar-refractivity contribution in [1.82, 2.24) is 9.97 Å². The van der Waals surface area contributed by atoms with Crippen LogP contribution in [0.25, 0.3) is 0 Å². The molecule has 3 N–H and O–H groups in total. The Morgan fingerprint density at radius 2 is 2.12 bits per heavy atom. The minimum Gasteiger partial charge on any atom is -0.394 e. The Bertz CT molecular complexity index is 379. The van der Waals surface area contributed by atoms with Crippen LogP contribution in [-0.4, -0.2) is 34.3 Å². The van der Waals surface area contributed by atoms with E-state index in [2.05, 4.69) is 20.6 Å². The van der Waals surface area contributed by atoms with Gasteiger partial charge in [-0.05, 0) is 26.7 Å². The molecule has 5 nitrogen and oxygen atoms in total. The van der Waals surface area contributed by atoms with Gasteiger partial charge in [-0.1, -0.05) is 0 Å².